The minimum Gasteiger partial charge on any atom is -0.341 e. The molecular weight excluding hydrogens is 454 g/mol. The van der Waals surface area contributed by atoms with Crippen LogP contribution in [0.2, 0.25) is 0 Å². The summed E-state index contributed by atoms with van der Waals surface area (Å²) >= 11 is 1.37. The van der Waals surface area contributed by atoms with Gasteiger partial charge >= 0.3 is 0 Å². The summed E-state index contributed by atoms with van der Waals surface area (Å²) in [7, 11) is -1.34. The summed E-state index contributed by atoms with van der Waals surface area (Å²) in [4.78, 5) is 19.1. The maximum atomic E-state index is 12.8. The molecular formula is C25H29N3O3S2. The molecule has 174 valence electrons. The van der Waals surface area contributed by atoms with Gasteiger partial charge in [-0.15, -0.1) is 0 Å². The van der Waals surface area contributed by atoms with Gasteiger partial charge in [0.2, 0.25) is 5.91 Å². The summed E-state index contributed by atoms with van der Waals surface area (Å²) in [6.07, 6.45) is 2.34. The van der Waals surface area contributed by atoms with E-state index >= 15 is 0 Å². The van der Waals surface area contributed by atoms with Crippen molar-refractivity contribution < 1.29 is 13.2 Å². The number of carbonyl (C=O) groups excluding carboxylic acids is 1. The lowest BCUT2D eigenvalue weighted by molar-refractivity contribution is -0.128. The number of hydrogen-bond acceptors (Lipinski definition) is 5. The Hall–Kier alpha value is -2.58. The molecule has 2 aromatic carbocycles. The first-order chi connectivity index (χ1) is 15.7. The lowest BCUT2D eigenvalue weighted by atomic mass is 10.0. The van der Waals surface area contributed by atoms with Crippen LogP contribution in [0.15, 0.2) is 66.0 Å². The standard InChI is InChI=1S/C25H29N3O3S2/c1-18(2)19-9-11-21(12-10-19)28-23(20-7-5-4-6-8-20)15-26-25(28)32-16-24(29)27(3)22-13-14-33(30,31)17-22/h4-12,15,18,22H,13-14,16-17H2,1-3H3. The number of imidazole rings is 1. The number of thioether (sulfide) groups is 1. The molecule has 4 rings (SSSR count). The van der Waals surface area contributed by atoms with E-state index in [1.165, 1.54) is 17.3 Å². The summed E-state index contributed by atoms with van der Waals surface area (Å²) in [6.45, 7) is 4.33. The van der Waals surface area contributed by atoms with E-state index in [1.54, 1.807) is 11.9 Å². The van der Waals surface area contributed by atoms with Crippen molar-refractivity contribution >= 4 is 27.5 Å². The molecule has 2 heterocycles. The van der Waals surface area contributed by atoms with Crippen LogP contribution in [0.25, 0.3) is 16.9 Å². The average Bonchev–Trinajstić information content (AvgIpc) is 3.40. The highest BCUT2D eigenvalue weighted by Crippen LogP contribution is 2.31. The van der Waals surface area contributed by atoms with E-state index in [0.29, 0.717) is 12.3 Å². The molecule has 0 N–H and O–H groups in total. The monoisotopic (exact) mass is 483 g/mol. The number of benzene rings is 2. The van der Waals surface area contributed by atoms with E-state index in [4.69, 9.17) is 0 Å². The minimum absolute atomic E-state index is 0.0505. The number of carbonyl (C=O) groups is 1. The molecule has 8 heteroatoms. The molecule has 6 nitrogen and oxygen atoms in total. The predicted molar refractivity (Wildman–Crippen MR) is 134 cm³/mol. The highest BCUT2D eigenvalue weighted by atomic mass is 32.2. The van der Waals surface area contributed by atoms with Gasteiger partial charge in [-0.25, -0.2) is 13.4 Å². The van der Waals surface area contributed by atoms with Crippen molar-refractivity contribution in [2.24, 2.45) is 0 Å². The Morgan fingerprint density at radius 3 is 2.45 bits per heavy atom. The SMILES string of the molecule is CC(C)c1ccc(-n2c(-c3ccccc3)cnc2SCC(=O)N(C)C2CCS(=O)(=O)C2)cc1. The van der Waals surface area contributed by atoms with Gasteiger partial charge in [0, 0.05) is 24.3 Å². The van der Waals surface area contributed by atoms with Crippen LogP contribution in [-0.4, -0.2) is 59.1 Å². The lowest BCUT2D eigenvalue weighted by Gasteiger charge is -2.23. The quantitative estimate of drug-likeness (QED) is 0.466. The molecule has 1 aliphatic heterocycles. The molecule has 0 spiro atoms. The number of hydrogen-bond donors (Lipinski definition) is 0. The molecule has 0 saturated carbocycles. The van der Waals surface area contributed by atoms with E-state index in [1.807, 2.05) is 36.5 Å². The minimum atomic E-state index is -3.04. The Morgan fingerprint density at radius 1 is 1.15 bits per heavy atom. The van der Waals surface area contributed by atoms with Crippen molar-refractivity contribution in [1.82, 2.24) is 14.5 Å². The van der Waals surface area contributed by atoms with E-state index in [2.05, 4.69) is 47.7 Å². The van der Waals surface area contributed by atoms with Gasteiger partial charge in [0.15, 0.2) is 15.0 Å². The molecule has 0 aliphatic carbocycles. The molecule has 1 atom stereocenters. The van der Waals surface area contributed by atoms with Gasteiger partial charge in [-0.05, 0) is 30.0 Å². The van der Waals surface area contributed by atoms with Gasteiger partial charge in [-0.3, -0.25) is 9.36 Å². The fraction of sp³-hybridized carbons (Fsp3) is 0.360. The number of amides is 1. The summed E-state index contributed by atoms with van der Waals surface area (Å²) < 4.78 is 25.7. The van der Waals surface area contributed by atoms with Gasteiger partial charge in [-0.1, -0.05) is 68.1 Å². The maximum Gasteiger partial charge on any atom is 0.233 e. The van der Waals surface area contributed by atoms with Gasteiger partial charge in [-0.2, -0.15) is 0 Å². The summed E-state index contributed by atoms with van der Waals surface area (Å²) in [5.74, 6) is 0.751. The zero-order valence-electron chi connectivity index (χ0n) is 19.1. The normalized spacial score (nSPS) is 17.4. The molecule has 1 aliphatic rings. The topological polar surface area (TPSA) is 72.3 Å². The van der Waals surface area contributed by atoms with Crippen molar-refractivity contribution in [2.45, 2.75) is 37.4 Å². The molecule has 0 radical (unpaired) electrons. The second-order valence-electron chi connectivity index (χ2n) is 8.72. The van der Waals surface area contributed by atoms with E-state index < -0.39 is 9.84 Å². The Balaban J connectivity index is 1.59. The predicted octanol–water partition coefficient (Wildman–Crippen LogP) is 4.40. The van der Waals surface area contributed by atoms with Crippen LogP contribution in [0.4, 0.5) is 0 Å². The third-order valence-electron chi connectivity index (χ3n) is 6.09. The maximum absolute atomic E-state index is 12.8. The summed E-state index contributed by atoms with van der Waals surface area (Å²) in [5, 5.41) is 0.729. The van der Waals surface area contributed by atoms with Gasteiger partial charge < -0.3 is 4.90 Å². The van der Waals surface area contributed by atoms with Gasteiger partial charge in [0.05, 0.1) is 29.1 Å². The number of aromatic nitrogens is 2. The Kier molecular flexibility index (Phi) is 6.95. The third-order valence-corrected chi connectivity index (χ3v) is 8.78. The Bertz CT molecular complexity index is 1220. The summed E-state index contributed by atoms with van der Waals surface area (Å²) in [5.41, 5.74) is 4.25. The Morgan fingerprint density at radius 2 is 1.85 bits per heavy atom. The van der Waals surface area contributed by atoms with Crippen molar-refractivity contribution in [2.75, 3.05) is 24.3 Å². The zero-order chi connectivity index (χ0) is 23.6. The molecule has 0 bridgehead atoms. The second kappa shape index (κ2) is 9.73. The number of nitrogens with zero attached hydrogens (tertiary/aromatic N) is 3. The van der Waals surface area contributed by atoms with Crippen molar-refractivity contribution in [3.8, 4) is 16.9 Å². The molecule has 1 aromatic heterocycles. The number of rotatable bonds is 7. The summed E-state index contributed by atoms with van der Waals surface area (Å²) in [6, 6.07) is 18.3. The van der Waals surface area contributed by atoms with E-state index in [0.717, 1.165) is 22.1 Å². The van der Waals surface area contributed by atoms with Crippen molar-refractivity contribution in [1.29, 1.82) is 0 Å². The number of sulfone groups is 1. The first-order valence-electron chi connectivity index (χ1n) is 11.1. The van der Waals surface area contributed by atoms with Crippen LogP contribution in [0, 0.1) is 0 Å². The molecule has 1 saturated heterocycles. The van der Waals surface area contributed by atoms with Gasteiger partial charge in [0.1, 0.15) is 0 Å². The fourth-order valence-corrected chi connectivity index (χ4v) is 6.71. The second-order valence-corrected chi connectivity index (χ2v) is 11.9. The molecule has 1 fully saturated rings. The van der Waals surface area contributed by atoms with Crippen molar-refractivity contribution in [3.63, 3.8) is 0 Å². The van der Waals surface area contributed by atoms with Crippen LogP contribution < -0.4 is 0 Å². The van der Waals surface area contributed by atoms with E-state index in [-0.39, 0.29) is 29.2 Å². The molecule has 1 unspecified atom stereocenters. The largest absolute Gasteiger partial charge is 0.341 e. The van der Waals surface area contributed by atoms with Crippen molar-refractivity contribution in [3.05, 3.63) is 66.4 Å². The van der Waals surface area contributed by atoms with Gasteiger partial charge in [0.25, 0.3) is 0 Å². The zero-order valence-corrected chi connectivity index (χ0v) is 20.8. The molecule has 1 amide bonds. The first-order valence-corrected chi connectivity index (χ1v) is 13.9. The molecule has 3 aromatic rings. The smallest absolute Gasteiger partial charge is 0.233 e. The van der Waals surface area contributed by atoms with Crippen LogP contribution in [0.5, 0.6) is 0 Å². The van der Waals surface area contributed by atoms with Crippen LogP contribution in [0.3, 0.4) is 0 Å². The third kappa shape index (κ3) is 5.33. The highest BCUT2D eigenvalue weighted by molar-refractivity contribution is 7.99. The fourth-order valence-electron chi connectivity index (χ4n) is 4.02. The van der Waals surface area contributed by atoms with Crippen LogP contribution in [-0.2, 0) is 14.6 Å². The lowest BCUT2D eigenvalue weighted by Crippen LogP contribution is -2.38. The average molecular weight is 484 g/mol. The Labute approximate surface area is 199 Å². The molecule has 33 heavy (non-hydrogen) atoms. The van der Waals surface area contributed by atoms with Crippen LogP contribution >= 0.6 is 11.8 Å². The van der Waals surface area contributed by atoms with Crippen LogP contribution in [0.1, 0.15) is 31.7 Å². The first kappa shape index (κ1) is 23.6. The highest BCUT2D eigenvalue weighted by Gasteiger charge is 2.32. The van der Waals surface area contributed by atoms with E-state index in [9.17, 15) is 13.2 Å².